The molecule has 1 saturated carbocycles. The number of hydrogen-bond acceptors (Lipinski definition) is 4. The van der Waals surface area contributed by atoms with E-state index in [1.165, 1.54) is 12.1 Å². The fraction of sp³-hybridized carbons (Fsp3) is 0.222. The number of alkyl carbamates (subject to hydrolysis) is 1. The number of amides is 2. The number of rotatable bonds is 7. The molecular weight excluding hydrogens is 512 g/mol. The van der Waals surface area contributed by atoms with E-state index in [1.807, 2.05) is 36.4 Å². The third kappa shape index (κ3) is 4.79. The van der Waals surface area contributed by atoms with E-state index in [2.05, 4.69) is 38.7 Å². The molecule has 2 aliphatic rings. The van der Waals surface area contributed by atoms with Crippen LogP contribution < -0.4 is 10.6 Å². The van der Waals surface area contributed by atoms with E-state index in [9.17, 15) is 19.5 Å². The van der Waals surface area contributed by atoms with E-state index in [0.29, 0.717) is 10.2 Å². The van der Waals surface area contributed by atoms with Gasteiger partial charge in [-0.3, -0.25) is 4.79 Å². The highest BCUT2D eigenvalue weighted by Crippen LogP contribution is 2.44. The standard InChI is InChI=1S/C27H23BrN2O5/c28-22-12-11-16(26(32)33)13-23(22)29-25(31)24(15-9-10-15)30-27(34)35-14-21-19-7-3-1-5-17(19)18-6-2-4-8-20(18)21/h1-8,11-13,15,21,24H,9-10,14H2,(H,29,31)(H,30,34)(H,32,33). The molecule has 2 amide bonds. The first kappa shape index (κ1) is 23.1. The zero-order chi connectivity index (χ0) is 24.5. The van der Waals surface area contributed by atoms with Crippen molar-refractivity contribution in [1.82, 2.24) is 5.32 Å². The molecule has 0 heterocycles. The van der Waals surface area contributed by atoms with Crippen LogP contribution in [0.5, 0.6) is 0 Å². The molecule has 3 N–H and O–H groups in total. The van der Waals surface area contributed by atoms with Crippen molar-refractivity contribution in [2.24, 2.45) is 5.92 Å². The van der Waals surface area contributed by atoms with Crippen LogP contribution in [0.3, 0.4) is 0 Å². The molecule has 1 unspecified atom stereocenters. The lowest BCUT2D eigenvalue weighted by molar-refractivity contribution is -0.118. The van der Waals surface area contributed by atoms with Crippen LogP contribution in [0.1, 0.15) is 40.2 Å². The zero-order valence-corrected chi connectivity index (χ0v) is 20.2. The molecule has 8 heteroatoms. The highest BCUT2D eigenvalue weighted by Gasteiger charge is 2.38. The number of hydrogen-bond donors (Lipinski definition) is 3. The van der Waals surface area contributed by atoms with Crippen LogP contribution in [-0.4, -0.2) is 35.7 Å². The summed E-state index contributed by atoms with van der Waals surface area (Å²) in [6.07, 6.45) is 0.980. The first-order valence-corrected chi connectivity index (χ1v) is 12.2. The van der Waals surface area contributed by atoms with E-state index in [1.54, 1.807) is 6.07 Å². The number of carboxylic acid groups (broad SMARTS) is 1. The Kier molecular flexibility index (Phi) is 6.30. The lowest BCUT2D eigenvalue weighted by Gasteiger charge is -2.20. The number of aromatic carboxylic acids is 1. The van der Waals surface area contributed by atoms with Crippen LogP contribution in [-0.2, 0) is 9.53 Å². The van der Waals surface area contributed by atoms with Crippen LogP contribution in [0, 0.1) is 5.92 Å². The molecule has 7 nitrogen and oxygen atoms in total. The lowest BCUT2D eigenvalue weighted by atomic mass is 9.98. The van der Waals surface area contributed by atoms with Gasteiger partial charge in [0.1, 0.15) is 12.6 Å². The molecule has 0 radical (unpaired) electrons. The minimum absolute atomic E-state index is 0.0110. The molecule has 0 bridgehead atoms. The van der Waals surface area contributed by atoms with E-state index in [0.717, 1.165) is 35.1 Å². The molecule has 1 fully saturated rings. The van der Waals surface area contributed by atoms with Gasteiger partial charge in [0.05, 0.1) is 11.3 Å². The number of benzene rings is 3. The van der Waals surface area contributed by atoms with Crippen LogP contribution in [0.15, 0.2) is 71.2 Å². The summed E-state index contributed by atoms with van der Waals surface area (Å²) in [7, 11) is 0. The predicted octanol–water partition coefficient (Wildman–Crippen LogP) is 5.40. The highest BCUT2D eigenvalue weighted by molar-refractivity contribution is 9.10. The van der Waals surface area contributed by atoms with Crippen molar-refractivity contribution in [3.63, 3.8) is 0 Å². The third-order valence-electron chi connectivity index (χ3n) is 6.46. The van der Waals surface area contributed by atoms with Gasteiger partial charge in [0.2, 0.25) is 5.91 Å². The Hall–Kier alpha value is -3.65. The second-order valence-corrected chi connectivity index (χ2v) is 9.63. The van der Waals surface area contributed by atoms with Crippen molar-refractivity contribution in [2.45, 2.75) is 24.8 Å². The van der Waals surface area contributed by atoms with E-state index in [-0.39, 0.29) is 24.0 Å². The van der Waals surface area contributed by atoms with Crippen molar-refractivity contribution in [1.29, 1.82) is 0 Å². The largest absolute Gasteiger partial charge is 0.478 e. The Morgan fingerprint density at radius 3 is 2.20 bits per heavy atom. The summed E-state index contributed by atoms with van der Waals surface area (Å²) in [5.41, 5.74) is 4.89. The minimum atomic E-state index is -1.09. The van der Waals surface area contributed by atoms with Gasteiger partial charge in [-0.25, -0.2) is 9.59 Å². The Morgan fingerprint density at radius 1 is 0.971 bits per heavy atom. The molecule has 178 valence electrons. The minimum Gasteiger partial charge on any atom is -0.478 e. The van der Waals surface area contributed by atoms with Crippen molar-refractivity contribution in [3.8, 4) is 11.1 Å². The van der Waals surface area contributed by atoms with Crippen molar-refractivity contribution < 1.29 is 24.2 Å². The monoisotopic (exact) mass is 534 g/mol. The van der Waals surface area contributed by atoms with Gasteiger partial charge < -0.3 is 20.5 Å². The maximum Gasteiger partial charge on any atom is 0.407 e. The van der Waals surface area contributed by atoms with Gasteiger partial charge in [-0.05, 0) is 75.1 Å². The van der Waals surface area contributed by atoms with E-state index >= 15 is 0 Å². The highest BCUT2D eigenvalue weighted by atomic mass is 79.9. The fourth-order valence-electron chi connectivity index (χ4n) is 4.56. The zero-order valence-electron chi connectivity index (χ0n) is 18.7. The van der Waals surface area contributed by atoms with Crippen molar-refractivity contribution >= 4 is 39.6 Å². The molecule has 0 saturated heterocycles. The Balaban J connectivity index is 1.26. The number of fused-ring (bicyclic) bond motifs is 3. The summed E-state index contributed by atoms with van der Waals surface area (Å²) in [6.45, 7) is 0.158. The second kappa shape index (κ2) is 9.54. The normalized spacial score (nSPS) is 15.0. The lowest BCUT2D eigenvalue weighted by Crippen LogP contribution is -2.45. The summed E-state index contributed by atoms with van der Waals surface area (Å²) < 4.78 is 6.15. The molecule has 0 aromatic heterocycles. The number of carbonyl (C=O) groups is 3. The van der Waals surface area contributed by atoms with E-state index < -0.39 is 24.0 Å². The summed E-state index contributed by atoms with van der Waals surface area (Å²) in [5, 5.41) is 14.7. The maximum absolute atomic E-state index is 13.0. The summed E-state index contributed by atoms with van der Waals surface area (Å²) in [4.78, 5) is 37.0. The number of anilines is 1. The van der Waals surface area contributed by atoms with Gasteiger partial charge in [0.15, 0.2) is 0 Å². The summed E-state index contributed by atoms with van der Waals surface area (Å²) in [6, 6.07) is 19.8. The van der Waals surface area contributed by atoms with Crippen molar-refractivity contribution in [2.75, 3.05) is 11.9 Å². The summed E-state index contributed by atoms with van der Waals surface area (Å²) in [5.74, 6) is -1.57. The summed E-state index contributed by atoms with van der Waals surface area (Å²) >= 11 is 3.33. The van der Waals surface area contributed by atoms with Gasteiger partial charge in [-0.15, -0.1) is 0 Å². The van der Waals surface area contributed by atoms with Gasteiger partial charge in [0.25, 0.3) is 0 Å². The number of nitrogens with one attached hydrogen (secondary N) is 2. The third-order valence-corrected chi connectivity index (χ3v) is 7.16. The molecule has 5 rings (SSSR count). The van der Waals surface area contributed by atoms with E-state index in [4.69, 9.17) is 4.74 Å². The number of halogens is 1. The molecular formula is C27H23BrN2O5. The van der Waals surface area contributed by atoms with Gasteiger partial charge >= 0.3 is 12.1 Å². The number of ether oxygens (including phenoxy) is 1. The Labute approximate surface area is 210 Å². The van der Waals surface area contributed by atoms with Crippen LogP contribution in [0.25, 0.3) is 11.1 Å². The quantitative estimate of drug-likeness (QED) is 0.376. The average Bonchev–Trinajstić information content (AvgIpc) is 3.65. The van der Waals surface area contributed by atoms with Crippen LogP contribution in [0.2, 0.25) is 0 Å². The first-order valence-electron chi connectivity index (χ1n) is 11.4. The first-order chi connectivity index (χ1) is 16.9. The average molecular weight is 535 g/mol. The topological polar surface area (TPSA) is 105 Å². The SMILES string of the molecule is O=C(NC(C(=O)Nc1cc(C(=O)O)ccc1Br)C1CC1)OCC1c2ccccc2-c2ccccc21. The number of carbonyl (C=O) groups excluding carboxylic acids is 2. The van der Waals surface area contributed by atoms with Gasteiger partial charge in [-0.1, -0.05) is 48.5 Å². The molecule has 0 spiro atoms. The molecule has 35 heavy (non-hydrogen) atoms. The van der Waals surface area contributed by atoms with Crippen LogP contribution >= 0.6 is 15.9 Å². The smallest absolute Gasteiger partial charge is 0.407 e. The fourth-order valence-corrected chi connectivity index (χ4v) is 4.90. The maximum atomic E-state index is 13.0. The molecule has 1 atom stereocenters. The van der Waals surface area contributed by atoms with Gasteiger partial charge in [0, 0.05) is 10.4 Å². The molecule has 3 aromatic rings. The van der Waals surface area contributed by atoms with Gasteiger partial charge in [-0.2, -0.15) is 0 Å². The predicted molar refractivity (Wildman–Crippen MR) is 134 cm³/mol. The molecule has 3 aromatic carbocycles. The number of carboxylic acids is 1. The Morgan fingerprint density at radius 2 is 1.60 bits per heavy atom. The van der Waals surface area contributed by atoms with Crippen molar-refractivity contribution in [3.05, 3.63) is 87.9 Å². The molecule has 2 aliphatic carbocycles. The Bertz CT molecular complexity index is 1270. The second-order valence-electron chi connectivity index (χ2n) is 8.77. The molecule has 0 aliphatic heterocycles. The van der Waals surface area contributed by atoms with Crippen LogP contribution in [0.4, 0.5) is 10.5 Å².